The summed E-state index contributed by atoms with van der Waals surface area (Å²) in [5.74, 6) is 0. The highest BCUT2D eigenvalue weighted by Crippen LogP contribution is 2.21. The average Bonchev–Trinajstić information content (AvgIpc) is 2.86. The zero-order valence-electron chi connectivity index (χ0n) is 10.6. The Labute approximate surface area is 122 Å². The van der Waals surface area contributed by atoms with Gasteiger partial charge in [0.15, 0.2) is 6.61 Å². The van der Waals surface area contributed by atoms with Crippen molar-refractivity contribution in [3.05, 3.63) is 34.4 Å². The highest BCUT2D eigenvalue weighted by Gasteiger charge is 2.15. The maximum atomic E-state index is 11.5. The third-order valence-corrected chi connectivity index (χ3v) is 2.95. The minimum Gasteiger partial charge on any atom is -0.450 e. The third kappa shape index (κ3) is 4.14. The van der Waals surface area contributed by atoms with Gasteiger partial charge in [0.2, 0.25) is 11.7 Å². The number of aromatic nitrogens is 4. The summed E-state index contributed by atoms with van der Waals surface area (Å²) in [6.45, 7) is -0.759. The number of tetrazole rings is 1. The average molecular weight is 310 g/mol. The monoisotopic (exact) mass is 310 g/mol. The van der Waals surface area contributed by atoms with Crippen molar-refractivity contribution < 1.29 is 14.5 Å². The molecule has 21 heavy (non-hydrogen) atoms. The second kappa shape index (κ2) is 6.65. The second-order valence-corrected chi connectivity index (χ2v) is 4.63. The lowest BCUT2D eigenvalue weighted by Gasteiger charge is -2.04. The molecule has 0 fully saturated rings. The lowest BCUT2D eigenvalue weighted by molar-refractivity contribution is -0.482. The molecular formula is C10H10N6O4S. The number of anilines is 1. The highest BCUT2D eigenvalue weighted by atomic mass is 32.2. The Balaban J connectivity index is 2.04. The van der Waals surface area contributed by atoms with Crippen LogP contribution in [0.2, 0.25) is 0 Å². The van der Waals surface area contributed by atoms with Gasteiger partial charge in [-0.15, -0.1) is 5.10 Å². The predicted octanol–water partition coefficient (Wildman–Crippen LogP) is 0.750. The van der Waals surface area contributed by atoms with Crippen molar-refractivity contribution in [2.24, 2.45) is 0 Å². The molecule has 2 aromatic rings. The number of nitro groups is 1. The Hall–Kier alpha value is -2.69. The van der Waals surface area contributed by atoms with Crippen molar-refractivity contribution in [2.75, 3.05) is 18.9 Å². The molecule has 0 spiro atoms. The van der Waals surface area contributed by atoms with Crippen LogP contribution in [-0.2, 0) is 4.74 Å². The van der Waals surface area contributed by atoms with Gasteiger partial charge in [0.1, 0.15) is 0 Å². The fourth-order valence-electron chi connectivity index (χ4n) is 1.37. The standard InChI is InChI=1S/C10H10N6O4S/c11-7-2-1-3-8(6-7)16-9(12-13-14-16)21-10(17)20-5-4-15(18)19/h1-3,6H,4-5,11H2. The van der Waals surface area contributed by atoms with Crippen LogP contribution >= 0.6 is 11.8 Å². The van der Waals surface area contributed by atoms with Crippen molar-refractivity contribution in [1.82, 2.24) is 20.2 Å². The quantitative estimate of drug-likeness (QED) is 0.278. The number of nitrogen functional groups attached to an aromatic ring is 1. The summed E-state index contributed by atoms with van der Waals surface area (Å²) in [6.07, 6.45) is 0. The maximum absolute atomic E-state index is 11.5. The van der Waals surface area contributed by atoms with Gasteiger partial charge in [0.25, 0.3) is 0 Å². The summed E-state index contributed by atoms with van der Waals surface area (Å²) in [6, 6.07) is 6.77. The van der Waals surface area contributed by atoms with Gasteiger partial charge in [-0.3, -0.25) is 10.1 Å². The molecule has 2 rings (SSSR count). The topological polar surface area (TPSA) is 139 Å². The molecule has 0 unspecified atom stereocenters. The number of thioether (sulfide) groups is 1. The van der Waals surface area contributed by atoms with Crippen LogP contribution in [-0.4, -0.2) is 43.6 Å². The van der Waals surface area contributed by atoms with Crippen LogP contribution in [0.1, 0.15) is 0 Å². The summed E-state index contributed by atoms with van der Waals surface area (Å²) in [5.41, 5.74) is 6.77. The normalized spacial score (nSPS) is 10.3. The molecule has 0 aliphatic carbocycles. The molecular weight excluding hydrogens is 300 g/mol. The zero-order valence-corrected chi connectivity index (χ0v) is 11.4. The van der Waals surface area contributed by atoms with Crippen molar-refractivity contribution in [2.45, 2.75) is 5.16 Å². The van der Waals surface area contributed by atoms with Crippen molar-refractivity contribution in [1.29, 1.82) is 0 Å². The van der Waals surface area contributed by atoms with Gasteiger partial charge in [0, 0.05) is 22.4 Å². The molecule has 0 aliphatic rings. The first-order chi connectivity index (χ1) is 10.1. The molecule has 2 N–H and O–H groups in total. The number of carbonyl (C=O) groups excluding carboxylic acids is 1. The molecule has 0 radical (unpaired) electrons. The first kappa shape index (κ1) is 14.7. The van der Waals surface area contributed by atoms with E-state index in [4.69, 9.17) is 5.73 Å². The number of benzene rings is 1. The number of hydrogen-bond donors (Lipinski definition) is 1. The van der Waals surface area contributed by atoms with Crippen LogP contribution in [0.4, 0.5) is 10.5 Å². The molecule has 1 aromatic carbocycles. The zero-order chi connectivity index (χ0) is 15.2. The molecule has 0 amide bonds. The summed E-state index contributed by atoms with van der Waals surface area (Å²) < 4.78 is 6.00. The van der Waals surface area contributed by atoms with E-state index in [2.05, 4.69) is 20.3 Å². The SMILES string of the molecule is Nc1cccc(-n2nnnc2SC(=O)OCC[N+](=O)[O-])c1. The first-order valence-electron chi connectivity index (χ1n) is 5.67. The van der Waals surface area contributed by atoms with E-state index in [0.29, 0.717) is 23.1 Å². The van der Waals surface area contributed by atoms with Crippen molar-refractivity contribution in [3.63, 3.8) is 0 Å². The number of hydrogen-bond acceptors (Lipinski definition) is 9. The van der Waals surface area contributed by atoms with Crippen LogP contribution in [0.5, 0.6) is 0 Å². The highest BCUT2D eigenvalue weighted by molar-refractivity contribution is 8.13. The van der Waals surface area contributed by atoms with Crippen LogP contribution in [0.15, 0.2) is 29.4 Å². The molecule has 10 nitrogen and oxygen atoms in total. The Morgan fingerprint density at radius 2 is 2.33 bits per heavy atom. The van der Waals surface area contributed by atoms with E-state index in [-0.39, 0.29) is 11.8 Å². The number of ether oxygens (including phenoxy) is 1. The molecule has 1 heterocycles. The van der Waals surface area contributed by atoms with Crippen molar-refractivity contribution in [3.8, 4) is 5.69 Å². The van der Waals surface area contributed by atoms with E-state index in [9.17, 15) is 14.9 Å². The fraction of sp³-hybridized carbons (Fsp3) is 0.200. The summed E-state index contributed by atoms with van der Waals surface area (Å²) in [4.78, 5) is 21.1. The largest absolute Gasteiger partial charge is 0.450 e. The van der Waals surface area contributed by atoms with E-state index in [1.54, 1.807) is 24.3 Å². The molecule has 0 saturated heterocycles. The van der Waals surface area contributed by atoms with E-state index in [1.807, 2.05) is 0 Å². The first-order valence-corrected chi connectivity index (χ1v) is 6.48. The summed E-state index contributed by atoms with van der Waals surface area (Å²) in [7, 11) is 0. The molecule has 0 bridgehead atoms. The van der Waals surface area contributed by atoms with E-state index in [0.717, 1.165) is 0 Å². The maximum Gasteiger partial charge on any atom is 0.375 e. The summed E-state index contributed by atoms with van der Waals surface area (Å²) >= 11 is 0.632. The number of nitrogens with zero attached hydrogens (tertiary/aromatic N) is 5. The lowest BCUT2D eigenvalue weighted by atomic mass is 10.3. The fourth-order valence-corrected chi connectivity index (χ4v) is 1.97. The molecule has 11 heteroatoms. The molecule has 0 saturated carbocycles. The Morgan fingerprint density at radius 3 is 3.05 bits per heavy atom. The Kier molecular flexibility index (Phi) is 4.66. The van der Waals surface area contributed by atoms with E-state index < -0.39 is 16.8 Å². The van der Waals surface area contributed by atoms with Gasteiger partial charge in [-0.05, 0) is 28.6 Å². The van der Waals surface area contributed by atoms with Gasteiger partial charge in [-0.2, -0.15) is 4.68 Å². The lowest BCUT2D eigenvalue weighted by Crippen LogP contribution is -2.11. The smallest absolute Gasteiger partial charge is 0.375 e. The van der Waals surface area contributed by atoms with E-state index in [1.165, 1.54) is 4.68 Å². The summed E-state index contributed by atoms with van der Waals surface area (Å²) in [5, 5.41) is 20.5. The minimum atomic E-state index is -0.725. The van der Waals surface area contributed by atoms with E-state index >= 15 is 0 Å². The molecule has 0 aliphatic heterocycles. The Bertz CT molecular complexity index is 661. The van der Waals surface area contributed by atoms with Gasteiger partial charge >= 0.3 is 5.30 Å². The Morgan fingerprint density at radius 1 is 1.52 bits per heavy atom. The van der Waals surface area contributed by atoms with Crippen molar-refractivity contribution >= 4 is 22.8 Å². The number of rotatable bonds is 5. The van der Waals surface area contributed by atoms with Crippen LogP contribution in [0.25, 0.3) is 5.69 Å². The third-order valence-electron chi connectivity index (χ3n) is 2.22. The minimum absolute atomic E-state index is 0.173. The van der Waals surface area contributed by atoms with Gasteiger partial charge in [0.05, 0.1) is 5.69 Å². The van der Waals surface area contributed by atoms with Gasteiger partial charge < -0.3 is 10.5 Å². The van der Waals surface area contributed by atoms with Gasteiger partial charge in [-0.1, -0.05) is 6.07 Å². The van der Waals surface area contributed by atoms with Crippen LogP contribution in [0.3, 0.4) is 0 Å². The van der Waals surface area contributed by atoms with Crippen LogP contribution in [0, 0.1) is 10.1 Å². The predicted molar refractivity (Wildman–Crippen MR) is 72.6 cm³/mol. The number of nitrogens with two attached hydrogens (primary N) is 1. The molecule has 0 atom stereocenters. The number of carbonyl (C=O) groups is 1. The molecule has 110 valence electrons. The molecule has 1 aromatic heterocycles. The van der Waals surface area contributed by atoms with Gasteiger partial charge in [-0.25, -0.2) is 4.79 Å². The van der Waals surface area contributed by atoms with Crippen LogP contribution < -0.4 is 5.73 Å². The second-order valence-electron chi connectivity index (χ2n) is 3.73.